The first-order valence-electron chi connectivity index (χ1n) is 9.11. The minimum Gasteiger partial charge on any atom is -0.490 e. The van der Waals surface area contributed by atoms with Crippen LogP contribution in [0, 0.1) is 0 Å². The molecule has 1 saturated heterocycles. The van der Waals surface area contributed by atoms with E-state index in [1.54, 1.807) is 42.5 Å². The molecule has 142 valence electrons. The van der Waals surface area contributed by atoms with Crippen molar-refractivity contribution < 1.29 is 14.3 Å². The predicted octanol–water partition coefficient (Wildman–Crippen LogP) is 4.72. The molecule has 0 saturated carbocycles. The van der Waals surface area contributed by atoms with Gasteiger partial charge >= 0.3 is 0 Å². The number of anilines is 1. The number of hydrogen-bond donors (Lipinski definition) is 1. The maximum Gasteiger partial charge on any atom is 0.255 e. The topological polar surface area (TPSA) is 58.6 Å². The molecule has 6 heteroatoms. The summed E-state index contributed by atoms with van der Waals surface area (Å²) >= 11 is 3.44. The van der Waals surface area contributed by atoms with Crippen LogP contribution in [-0.4, -0.2) is 35.9 Å². The van der Waals surface area contributed by atoms with Crippen molar-refractivity contribution >= 4 is 33.4 Å². The first kappa shape index (κ1) is 19.4. The molecule has 2 amide bonds. The van der Waals surface area contributed by atoms with Crippen LogP contribution in [0.4, 0.5) is 5.69 Å². The number of rotatable bonds is 5. The first-order valence-corrected chi connectivity index (χ1v) is 9.90. The molecule has 27 heavy (non-hydrogen) atoms. The van der Waals surface area contributed by atoms with Crippen molar-refractivity contribution in [3.05, 3.63) is 58.1 Å². The quantitative estimate of drug-likeness (QED) is 0.745. The fourth-order valence-corrected chi connectivity index (χ4v) is 3.47. The number of carbonyl (C=O) groups excluding carboxylic acids is 2. The first-order chi connectivity index (χ1) is 12.9. The molecular formula is C21H23BrN2O3. The molecule has 0 unspecified atom stereocenters. The van der Waals surface area contributed by atoms with E-state index in [1.807, 2.05) is 18.7 Å². The Balaban J connectivity index is 1.65. The van der Waals surface area contributed by atoms with Gasteiger partial charge in [0.25, 0.3) is 11.8 Å². The summed E-state index contributed by atoms with van der Waals surface area (Å²) in [6.07, 6.45) is 2.19. The molecule has 2 aromatic rings. The van der Waals surface area contributed by atoms with Gasteiger partial charge in [-0.2, -0.15) is 0 Å². The molecule has 1 aliphatic rings. The van der Waals surface area contributed by atoms with Gasteiger partial charge in [0, 0.05) is 29.9 Å². The summed E-state index contributed by atoms with van der Waals surface area (Å²) in [7, 11) is 0. The zero-order valence-electron chi connectivity index (χ0n) is 15.5. The maximum atomic E-state index is 12.5. The van der Waals surface area contributed by atoms with E-state index in [0.717, 1.165) is 30.4 Å². The molecule has 1 heterocycles. The van der Waals surface area contributed by atoms with Crippen molar-refractivity contribution in [2.75, 3.05) is 18.4 Å². The summed E-state index contributed by atoms with van der Waals surface area (Å²) < 4.78 is 6.39. The van der Waals surface area contributed by atoms with Crippen molar-refractivity contribution in [3.8, 4) is 5.75 Å². The van der Waals surface area contributed by atoms with E-state index in [0.29, 0.717) is 22.6 Å². The molecule has 0 aliphatic carbocycles. The second-order valence-electron chi connectivity index (χ2n) is 6.84. The van der Waals surface area contributed by atoms with Gasteiger partial charge in [-0.05, 0) is 85.1 Å². The van der Waals surface area contributed by atoms with Crippen LogP contribution in [0.3, 0.4) is 0 Å². The van der Waals surface area contributed by atoms with Gasteiger partial charge in [-0.25, -0.2) is 0 Å². The Hall–Kier alpha value is -2.34. The minimum atomic E-state index is -0.217. The Kier molecular flexibility index (Phi) is 6.16. The van der Waals surface area contributed by atoms with Crippen LogP contribution < -0.4 is 10.1 Å². The normalized spacial score (nSPS) is 13.7. The fourth-order valence-electron chi connectivity index (χ4n) is 2.99. The highest BCUT2D eigenvalue weighted by Crippen LogP contribution is 2.27. The SMILES string of the molecule is CC(C)Oc1ccc(C(=O)Nc2ccc(C(=O)N3CCCC3)cc2)cc1Br. The number of benzene rings is 2. The fraction of sp³-hybridized carbons (Fsp3) is 0.333. The minimum absolute atomic E-state index is 0.0510. The van der Waals surface area contributed by atoms with E-state index in [9.17, 15) is 9.59 Å². The van der Waals surface area contributed by atoms with Crippen molar-refractivity contribution in [2.45, 2.75) is 32.8 Å². The van der Waals surface area contributed by atoms with Gasteiger partial charge in [0.05, 0.1) is 10.6 Å². The second kappa shape index (κ2) is 8.57. The zero-order valence-corrected chi connectivity index (χ0v) is 17.1. The van der Waals surface area contributed by atoms with Crippen LogP contribution >= 0.6 is 15.9 Å². The monoisotopic (exact) mass is 430 g/mol. The van der Waals surface area contributed by atoms with Gasteiger partial charge in [0.15, 0.2) is 0 Å². The van der Waals surface area contributed by atoms with Crippen LogP contribution in [0.15, 0.2) is 46.9 Å². The Morgan fingerprint density at radius 3 is 2.26 bits per heavy atom. The highest BCUT2D eigenvalue weighted by molar-refractivity contribution is 9.10. The highest BCUT2D eigenvalue weighted by atomic mass is 79.9. The van der Waals surface area contributed by atoms with Gasteiger partial charge < -0.3 is 15.0 Å². The smallest absolute Gasteiger partial charge is 0.255 e. The largest absolute Gasteiger partial charge is 0.490 e. The summed E-state index contributed by atoms with van der Waals surface area (Å²) in [6, 6.07) is 12.3. The Morgan fingerprint density at radius 1 is 1.04 bits per heavy atom. The molecule has 1 fully saturated rings. The van der Waals surface area contributed by atoms with Gasteiger partial charge in [0.2, 0.25) is 0 Å². The summed E-state index contributed by atoms with van der Waals surface area (Å²) in [6.45, 7) is 5.54. The average molecular weight is 431 g/mol. The lowest BCUT2D eigenvalue weighted by Gasteiger charge is -2.15. The van der Waals surface area contributed by atoms with E-state index in [2.05, 4.69) is 21.2 Å². The molecule has 0 spiro atoms. The summed E-state index contributed by atoms with van der Waals surface area (Å²) in [5.41, 5.74) is 1.82. The molecule has 1 aliphatic heterocycles. The number of hydrogen-bond acceptors (Lipinski definition) is 3. The third-order valence-electron chi connectivity index (χ3n) is 4.34. The molecule has 0 bridgehead atoms. The lowest BCUT2D eigenvalue weighted by molar-refractivity contribution is 0.0792. The zero-order chi connectivity index (χ0) is 19.4. The second-order valence-corrected chi connectivity index (χ2v) is 7.70. The van der Waals surface area contributed by atoms with E-state index >= 15 is 0 Å². The Labute approximate surface area is 167 Å². The van der Waals surface area contributed by atoms with Crippen LogP contribution in [0.25, 0.3) is 0 Å². The van der Waals surface area contributed by atoms with Gasteiger partial charge in [-0.15, -0.1) is 0 Å². The Morgan fingerprint density at radius 2 is 1.67 bits per heavy atom. The number of halogens is 1. The number of ether oxygens (including phenoxy) is 1. The molecule has 1 N–H and O–H groups in total. The summed E-state index contributed by atoms with van der Waals surface area (Å²) in [4.78, 5) is 26.7. The maximum absolute atomic E-state index is 12.5. The van der Waals surface area contributed by atoms with Crippen LogP contribution in [-0.2, 0) is 0 Å². The van der Waals surface area contributed by atoms with Crippen LogP contribution in [0.2, 0.25) is 0 Å². The Bertz CT molecular complexity index is 828. The lowest BCUT2D eigenvalue weighted by Crippen LogP contribution is -2.27. The van der Waals surface area contributed by atoms with Crippen molar-refractivity contribution in [2.24, 2.45) is 0 Å². The molecule has 0 atom stereocenters. The van der Waals surface area contributed by atoms with Crippen molar-refractivity contribution in [1.29, 1.82) is 0 Å². The lowest BCUT2D eigenvalue weighted by atomic mass is 10.1. The molecule has 2 aromatic carbocycles. The molecule has 0 aromatic heterocycles. The van der Waals surface area contributed by atoms with E-state index in [-0.39, 0.29) is 17.9 Å². The number of carbonyl (C=O) groups is 2. The molecule has 5 nitrogen and oxygen atoms in total. The predicted molar refractivity (Wildman–Crippen MR) is 109 cm³/mol. The van der Waals surface area contributed by atoms with Crippen LogP contribution in [0.5, 0.6) is 5.75 Å². The molecule has 0 radical (unpaired) electrons. The summed E-state index contributed by atoms with van der Waals surface area (Å²) in [5.74, 6) is 0.534. The van der Waals surface area contributed by atoms with Crippen LogP contribution in [0.1, 0.15) is 47.4 Å². The van der Waals surface area contributed by atoms with Crippen molar-refractivity contribution in [1.82, 2.24) is 4.90 Å². The third kappa shape index (κ3) is 4.89. The van der Waals surface area contributed by atoms with Gasteiger partial charge in [-0.3, -0.25) is 9.59 Å². The number of amides is 2. The molecular weight excluding hydrogens is 408 g/mol. The van der Waals surface area contributed by atoms with Crippen molar-refractivity contribution in [3.63, 3.8) is 0 Å². The van der Waals surface area contributed by atoms with Gasteiger partial charge in [0.1, 0.15) is 5.75 Å². The standard InChI is InChI=1S/C21H23BrN2O3/c1-14(2)27-19-10-7-16(13-18(19)22)20(25)23-17-8-5-15(6-9-17)21(26)24-11-3-4-12-24/h5-10,13-14H,3-4,11-12H2,1-2H3,(H,23,25). The van der Waals surface area contributed by atoms with E-state index in [1.165, 1.54) is 0 Å². The van der Waals surface area contributed by atoms with Gasteiger partial charge in [-0.1, -0.05) is 0 Å². The van der Waals surface area contributed by atoms with E-state index in [4.69, 9.17) is 4.74 Å². The molecule has 3 rings (SSSR count). The summed E-state index contributed by atoms with van der Waals surface area (Å²) in [5, 5.41) is 2.86. The highest BCUT2D eigenvalue weighted by Gasteiger charge is 2.19. The number of nitrogens with one attached hydrogen (secondary N) is 1. The number of likely N-dealkylation sites (tertiary alicyclic amines) is 1. The van der Waals surface area contributed by atoms with E-state index < -0.39 is 0 Å². The third-order valence-corrected chi connectivity index (χ3v) is 4.96. The average Bonchev–Trinajstić information content (AvgIpc) is 3.18. The number of nitrogens with zero attached hydrogens (tertiary/aromatic N) is 1.